The van der Waals surface area contributed by atoms with Gasteiger partial charge in [-0.15, -0.1) is 0 Å². The van der Waals surface area contributed by atoms with Gasteiger partial charge in [0, 0.05) is 11.1 Å². The highest BCUT2D eigenvalue weighted by molar-refractivity contribution is 5.90. The van der Waals surface area contributed by atoms with E-state index >= 15 is 0 Å². The van der Waals surface area contributed by atoms with E-state index in [1.807, 2.05) is 12.1 Å². The third kappa shape index (κ3) is 3.62. The molecular weight excluding hydrogens is 372 g/mol. The molecule has 0 spiro atoms. The molecule has 0 N–H and O–H groups in total. The van der Waals surface area contributed by atoms with E-state index in [9.17, 15) is 4.79 Å². The van der Waals surface area contributed by atoms with Crippen LogP contribution in [0.1, 0.15) is 62.0 Å². The lowest BCUT2D eigenvalue weighted by atomic mass is 9.63. The summed E-state index contributed by atoms with van der Waals surface area (Å²) >= 11 is 0. The van der Waals surface area contributed by atoms with Crippen molar-refractivity contribution >= 4 is 5.97 Å². The molecule has 30 heavy (non-hydrogen) atoms. The van der Waals surface area contributed by atoms with E-state index in [2.05, 4.69) is 62.2 Å². The first-order valence-corrected chi connectivity index (χ1v) is 10.4. The fourth-order valence-corrected chi connectivity index (χ4v) is 4.33. The summed E-state index contributed by atoms with van der Waals surface area (Å²) in [7, 11) is 1.39. The fourth-order valence-electron chi connectivity index (χ4n) is 4.33. The highest BCUT2D eigenvalue weighted by Gasteiger charge is 2.37. The number of methoxy groups -OCH3 is 1. The van der Waals surface area contributed by atoms with Crippen LogP contribution in [0.5, 0.6) is 0 Å². The minimum absolute atomic E-state index is 0.148. The highest BCUT2D eigenvalue weighted by Crippen LogP contribution is 2.46. The Bertz CT molecular complexity index is 1100. The number of carbonyl (C=O) groups excluding carboxylic acids is 1. The number of fused-ring (bicyclic) bond motifs is 1. The largest absolute Gasteiger partial charge is 0.465 e. The molecule has 2 aromatic carbocycles. The Morgan fingerprint density at radius 3 is 2.13 bits per heavy atom. The molecule has 0 unspecified atom stereocenters. The molecule has 0 aliphatic heterocycles. The number of benzene rings is 2. The smallest absolute Gasteiger partial charge is 0.337 e. The number of aromatic nitrogens is 2. The Kier molecular flexibility index (Phi) is 4.97. The highest BCUT2D eigenvalue weighted by atomic mass is 16.5. The van der Waals surface area contributed by atoms with E-state index in [1.54, 1.807) is 18.3 Å². The summed E-state index contributed by atoms with van der Waals surface area (Å²) < 4.78 is 4.77. The maximum atomic E-state index is 11.7. The van der Waals surface area contributed by atoms with Crippen LogP contribution in [0.4, 0.5) is 0 Å². The monoisotopic (exact) mass is 400 g/mol. The van der Waals surface area contributed by atoms with Crippen molar-refractivity contribution in [2.24, 2.45) is 0 Å². The Morgan fingerprint density at radius 1 is 0.833 bits per heavy atom. The van der Waals surface area contributed by atoms with E-state index in [4.69, 9.17) is 4.74 Å². The van der Waals surface area contributed by atoms with Crippen molar-refractivity contribution in [3.63, 3.8) is 0 Å². The predicted octanol–water partition coefficient (Wildman–Crippen LogP) is 5.95. The van der Waals surface area contributed by atoms with Gasteiger partial charge >= 0.3 is 5.97 Å². The van der Waals surface area contributed by atoms with Gasteiger partial charge < -0.3 is 4.74 Å². The van der Waals surface area contributed by atoms with Gasteiger partial charge in [0.2, 0.25) is 0 Å². The second-order valence-electron chi connectivity index (χ2n) is 9.43. The van der Waals surface area contributed by atoms with Crippen molar-refractivity contribution in [3.8, 4) is 22.4 Å². The molecule has 0 atom stereocenters. The third-order valence-corrected chi connectivity index (χ3v) is 6.44. The zero-order valence-corrected chi connectivity index (χ0v) is 18.3. The SMILES string of the molecule is COC(=O)c1ccc(-c2cnnc(-c3ccc4c(c3)C(C)(C)CCC4(C)C)c2)cc1. The molecule has 0 saturated heterocycles. The summed E-state index contributed by atoms with van der Waals surface area (Å²) in [6.07, 6.45) is 4.13. The minimum atomic E-state index is -0.338. The molecule has 0 saturated carbocycles. The van der Waals surface area contributed by atoms with Crippen LogP contribution >= 0.6 is 0 Å². The maximum Gasteiger partial charge on any atom is 0.337 e. The van der Waals surface area contributed by atoms with Crippen molar-refractivity contribution in [1.29, 1.82) is 0 Å². The topological polar surface area (TPSA) is 52.1 Å². The van der Waals surface area contributed by atoms with Crippen LogP contribution in [0.2, 0.25) is 0 Å². The lowest BCUT2D eigenvalue weighted by Crippen LogP contribution is -2.33. The summed E-state index contributed by atoms with van der Waals surface area (Å²) in [5.41, 5.74) is 7.60. The Balaban J connectivity index is 1.72. The first kappa shape index (κ1) is 20.3. The lowest BCUT2D eigenvalue weighted by Gasteiger charge is -2.42. The summed E-state index contributed by atoms with van der Waals surface area (Å²) in [6, 6.07) is 16.1. The number of ether oxygens (including phenoxy) is 1. The van der Waals surface area contributed by atoms with Crippen LogP contribution in [0.25, 0.3) is 22.4 Å². The van der Waals surface area contributed by atoms with Crippen LogP contribution in [0, 0.1) is 0 Å². The van der Waals surface area contributed by atoms with Crippen LogP contribution in [-0.4, -0.2) is 23.3 Å². The fraction of sp³-hybridized carbons (Fsp3) is 0.346. The summed E-state index contributed by atoms with van der Waals surface area (Å²) in [6.45, 7) is 9.32. The molecule has 0 amide bonds. The van der Waals surface area contributed by atoms with Gasteiger partial charge in [0.25, 0.3) is 0 Å². The average Bonchev–Trinajstić information content (AvgIpc) is 2.76. The van der Waals surface area contributed by atoms with Crippen LogP contribution < -0.4 is 0 Å². The number of nitrogens with zero attached hydrogens (tertiary/aromatic N) is 2. The predicted molar refractivity (Wildman–Crippen MR) is 120 cm³/mol. The molecule has 4 nitrogen and oxygen atoms in total. The van der Waals surface area contributed by atoms with E-state index in [-0.39, 0.29) is 16.8 Å². The molecule has 0 radical (unpaired) electrons. The Labute approximate surface area is 178 Å². The van der Waals surface area contributed by atoms with E-state index in [1.165, 1.54) is 31.1 Å². The van der Waals surface area contributed by atoms with Crippen molar-refractivity contribution in [2.75, 3.05) is 7.11 Å². The average molecular weight is 401 g/mol. The second-order valence-corrected chi connectivity index (χ2v) is 9.43. The molecule has 1 aromatic heterocycles. The third-order valence-electron chi connectivity index (χ3n) is 6.44. The van der Waals surface area contributed by atoms with E-state index in [0.29, 0.717) is 5.56 Å². The quantitative estimate of drug-likeness (QED) is 0.510. The zero-order chi connectivity index (χ0) is 21.5. The molecule has 4 heteroatoms. The molecular formula is C26H28N2O2. The second kappa shape index (κ2) is 7.35. The van der Waals surface area contributed by atoms with Crippen molar-refractivity contribution in [3.05, 3.63) is 71.4 Å². The van der Waals surface area contributed by atoms with Gasteiger partial charge in [0.05, 0.1) is 24.6 Å². The van der Waals surface area contributed by atoms with Gasteiger partial charge in [-0.3, -0.25) is 0 Å². The Hall–Kier alpha value is -3.01. The van der Waals surface area contributed by atoms with Gasteiger partial charge in [-0.05, 0) is 64.6 Å². The number of esters is 1. The van der Waals surface area contributed by atoms with Crippen LogP contribution in [0.3, 0.4) is 0 Å². The van der Waals surface area contributed by atoms with Crippen molar-refractivity contribution in [2.45, 2.75) is 51.4 Å². The van der Waals surface area contributed by atoms with E-state index < -0.39 is 0 Å². The van der Waals surface area contributed by atoms with Gasteiger partial charge in [0.15, 0.2) is 0 Å². The summed E-state index contributed by atoms with van der Waals surface area (Å²) in [5, 5.41) is 8.65. The van der Waals surface area contributed by atoms with Crippen LogP contribution in [-0.2, 0) is 15.6 Å². The minimum Gasteiger partial charge on any atom is -0.465 e. The molecule has 0 bridgehead atoms. The molecule has 154 valence electrons. The van der Waals surface area contributed by atoms with Gasteiger partial charge in [-0.1, -0.05) is 52.0 Å². The normalized spacial score (nSPS) is 16.6. The number of hydrogen-bond donors (Lipinski definition) is 0. The molecule has 1 aliphatic rings. The molecule has 4 rings (SSSR count). The molecule has 3 aromatic rings. The van der Waals surface area contributed by atoms with E-state index in [0.717, 1.165) is 22.4 Å². The summed E-state index contributed by atoms with van der Waals surface area (Å²) in [5.74, 6) is -0.338. The van der Waals surface area contributed by atoms with Gasteiger partial charge in [0.1, 0.15) is 0 Å². The van der Waals surface area contributed by atoms with Gasteiger partial charge in [-0.25, -0.2) is 4.79 Å². The molecule has 0 fully saturated rings. The first-order chi connectivity index (χ1) is 14.2. The standard InChI is InChI=1S/C26H28N2O2/c1-25(2)12-13-26(3,4)22-14-19(10-11-21(22)25)23-15-20(16-27-28-23)17-6-8-18(9-7-17)24(29)30-5/h6-11,14-16H,12-13H2,1-5H3. The number of carbonyl (C=O) groups is 1. The summed E-state index contributed by atoms with van der Waals surface area (Å²) in [4.78, 5) is 11.7. The van der Waals surface area contributed by atoms with Crippen LogP contribution in [0.15, 0.2) is 54.7 Å². The maximum absolute atomic E-state index is 11.7. The zero-order valence-electron chi connectivity index (χ0n) is 18.3. The molecule has 1 heterocycles. The van der Waals surface area contributed by atoms with Gasteiger partial charge in [-0.2, -0.15) is 10.2 Å². The molecule has 1 aliphatic carbocycles. The van der Waals surface area contributed by atoms with Crippen molar-refractivity contribution < 1.29 is 9.53 Å². The number of hydrogen-bond acceptors (Lipinski definition) is 4. The Morgan fingerprint density at radius 2 is 1.47 bits per heavy atom. The lowest BCUT2D eigenvalue weighted by molar-refractivity contribution is 0.0601. The van der Waals surface area contributed by atoms with Crippen molar-refractivity contribution in [1.82, 2.24) is 10.2 Å². The number of rotatable bonds is 3. The first-order valence-electron chi connectivity index (χ1n) is 10.4.